The van der Waals surface area contributed by atoms with E-state index < -0.39 is 0 Å². The molecule has 2 heterocycles. The van der Waals surface area contributed by atoms with E-state index in [2.05, 4.69) is 65.3 Å². The van der Waals surface area contributed by atoms with E-state index in [1.807, 2.05) is 6.92 Å². The van der Waals surface area contributed by atoms with E-state index in [9.17, 15) is 4.79 Å². The van der Waals surface area contributed by atoms with E-state index >= 15 is 0 Å². The fourth-order valence-corrected chi connectivity index (χ4v) is 4.31. The van der Waals surface area contributed by atoms with Gasteiger partial charge in [-0.1, -0.05) is 42.0 Å². The first-order chi connectivity index (χ1) is 13.1. The van der Waals surface area contributed by atoms with Gasteiger partial charge in [0.1, 0.15) is 0 Å². The first-order valence-corrected chi connectivity index (χ1v) is 10.0. The number of benzene rings is 2. The van der Waals surface area contributed by atoms with Crippen LogP contribution >= 0.6 is 0 Å². The van der Waals surface area contributed by atoms with E-state index in [0.717, 1.165) is 61.1 Å². The largest absolute Gasteiger partial charge is 0.358 e. The molecule has 1 aliphatic rings. The van der Waals surface area contributed by atoms with Gasteiger partial charge in [-0.3, -0.25) is 4.79 Å². The summed E-state index contributed by atoms with van der Waals surface area (Å²) >= 11 is 0. The zero-order chi connectivity index (χ0) is 18.8. The molecule has 1 fully saturated rings. The Morgan fingerprint density at radius 1 is 1.07 bits per heavy atom. The molecule has 27 heavy (non-hydrogen) atoms. The van der Waals surface area contributed by atoms with Gasteiger partial charge in [0, 0.05) is 34.6 Å². The van der Waals surface area contributed by atoms with Crippen LogP contribution in [0.4, 0.5) is 0 Å². The lowest BCUT2D eigenvalue weighted by atomic mass is 9.87. The minimum absolute atomic E-state index is 0.149. The van der Waals surface area contributed by atoms with Gasteiger partial charge >= 0.3 is 0 Å². The van der Waals surface area contributed by atoms with Crippen LogP contribution in [0.5, 0.6) is 0 Å². The van der Waals surface area contributed by atoms with Crippen LogP contribution in [0, 0.1) is 19.8 Å². The highest BCUT2D eigenvalue weighted by Gasteiger charge is 2.28. The number of hydrogen-bond donors (Lipinski definition) is 1. The lowest BCUT2D eigenvalue weighted by molar-refractivity contribution is 0.0842. The maximum Gasteiger partial charge on any atom is 0.168 e. The SMILES string of the molecule is Cc1ccc2[nH]c(C)c(C(=O)C3CCN(CCc4ccccc4)CC3)c2c1. The summed E-state index contributed by atoms with van der Waals surface area (Å²) in [4.78, 5) is 19.1. The van der Waals surface area contributed by atoms with E-state index in [1.54, 1.807) is 0 Å². The number of aromatic nitrogens is 1. The van der Waals surface area contributed by atoms with Crippen molar-refractivity contribution in [1.29, 1.82) is 0 Å². The second kappa shape index (κ2) is 7.69. The Balaban J connectivity index is 1.40. The Morgan fingerprint density at radius 3 is 2.56 bits per heavy atom. The van der Waals surface area contributed by atoms with Gasteiger partial charge < -0.3 is 9.88 Å². The van der Waals surface area contributed by atoms with Crippen LogP contribution in [0.1, 0.15) is 40.0 Å². The predicted molar refractivity (Wildman–Crippen MR) is 111 cm³/mol. The molecule has 0 amide bonds. The number of rotatable bonds is 5. The van der Waals surface area contributed by atoms with E-state index in [4.69, 9.17) is 0 Å². The highest BCUT2D eigenvalue weighted by atomic mass is 16.1. The molecule has 0 unspecified atom stereocenters. The normalized spacial score (nSPS) is 16.1. The Morgan fingerprint density at radius 2 is 1.81 bits per heavy atom. The van der Waals surface area contributed by atoms with Crippen LogP contribution in [0.25, 0.3) is 10.9 Å². The average molecular weight is 361 g/mol. The number of likely N-dealkylation sites (tertiary alicyclic amines) is 1. The number of carbonyl (C=O) groups excluding carboxylic acids is 1. The molecule has 0 aliphatic carbocycles. The first-order valence-electron chi connectivity index (χ1n) is 10.0. The van der Waals surface area contributed by atoms with Crippen molar-refractivity contribution in [2.24, 2.45) is 5.92 Å². The van der Waals surface area contributed by atoms with Gasteiger partial charge in [-0.15, -0.1) is 0 Å². The Bertz CT molecular complexity index is 934. The van der Waals surface area contributed by atoms with Crippen molar-refractivity contribution in [3.05, 3.63) is 70.9 Å². The summed E-state index contributed by atoms with van der Waals surface area (Å²) < 4.78 is 0. The minimum Gasteiger partial charge on any atom is -0.358 e. The standard InChI is InChI=1S/C24H28N2O/c1-17-8-9-22-21(16-17)23(18(2)25-22)24(27)20-11-14-26(15-12-20)13-10-19-6-4-3-5-7-19/h3-9,16,20,25H,10-15H2,1-2H3. The van der Waals surface area contributed by atoms with E-state index in [0.29, 0.717) is 5.78 Å². The molecule has 0 spiro atoms. The van der Waals surface area contributed by atoms with Crippen LogP contribution in [-0.4, -0.2) is 35.3 Å². The van der Waals surface area contributed by atoms with Crippen molar-refractivity contribution < 1.29 is 4.79 Å². The van der Waals surface area contributed by atoms with Crippen molar-refractivity contribution in [3.8, 4) is 0 Å². The summed E-state index contributed by atoms with van der Waals surface area (Å²) in [7, 11) is 0. The quantitative estimate of drug-likeness (QED) is 0.656. The summed E-state index contributed by atoms with van der Waals surface area (Å²) in [5.74, 6) is 0.475. The van der Waals surface area contributed by atoms with Crippen LogP contribution < -0.4 is 0 Å². The number of carbonyl (C=O) groups is 1. The van der Waals surface area contributed by atoms with Crippen molar-refractivity contribution >= 4 is 16.7 Å². The van der Waals surface area contributed by atoms with Gasteiger partial charge in [0.05, 0.1) is 0 Å². The van der Waals surface area contributed by atoms with Crippen LogP contribution in [-0.2, 0) is 6.42 Å². The fraction of sp³-hybridized carbons (Fsp3) is 0.375. The van der Waals surface area contributed by atoms with Crippen molar-refractivity contribution in [2.45, 2.75) is 33.1 Å². The summed E-state index contributed by atoms with van der Waals surface area (Å²) in [6.45, 7) is 7.22. The average Bonchev–Trinajstić information content (AvgIpc) is 3.02. The maximum atomic E-state index is 13.3. The zero-order valence-electron chi connectivity index (χ0n) is 16.3. The van der Waals surface area contributed by atoms with Crippen LogP contribution in [0.15, 0.2) is 48.5 Å². The molecular weight excluding hydrogens is 332 g/mol. The number of H-pyrrole nitrogens is 1. The maximum absolute atomic E-state index is 13.3. The number of Topliss-reactive ketones (excluding diaryl/α,β-unsaturated/α-hetero) is 1. The zero-order valence-corrected chi connectivity index (χ0v) is 16.3. The van der Waals surface area contributed by atoms with Gasteiger partial charge in [-0.05, 0) is 63.9 Å². The summed E-state index contributed by atoms with van der Waals surface area (Å²) in [5, 5.41) is 1.09. The molecule has 2 aromatic carbocycles. The van der Waals surface area contributed by atoms with Crippen molar-refractivity contribution in [2.75, 3.05) is 19.6 Å². The topological polar surface area (TPSA) is 36.1 Å². The molecular formula is C24H28N2O. The van der Waals surface area contributed by atoms with E-state index in [1.165, 1.54) is 11.1 Å². The molecule has 3 aromatic rings. The third-order valence-corrected chi connectivity index (χ3v) is 5.91. The minimum atomic E-state index is 0.149. The lowest BCUT2D eigenvalue weighted by Gasteiger charge is -2.31. The number of nitrogens with zero attached hydrogens (tertiary/aromatic N) is 1. The summed E-state index contributed by atoms with van der Waals surface area (Å²) in [6, 6.07) is 17.0. The highest BCUT2D eigenvalue weighted by Crippen LogP contribution is 2.29. The number of nitrogens with one attached hydrogen (secondary N) is 1. The molecule has 1 aromatic heterocycles. The van der Waals surface area contributed by atoms with Gasteiger partial charge in [0.25, 0.3) is 0 Å². The first kappa shape index (κ1) is 18.0. The highest BCUT2D eigenvalue weighted by molar-refractivity contribution is 6.10. The van der Waals surface area contributed by atoms with Gasteiger partial charge in [-0.25, -0.2) is 0 Å². The molecule has 4 rings (SSSR count). The Kier molecular flexibility index (Phi) is 5.13. The molecule has 1 saturated heterocycles. The lowest BCUT2D eigenvalue weighted by Crippen LogP contribution is -2.37. The molecule has 140 valence electrons. The second-order valence-corrected chi connectivity index (χ2v) is 7.89. The number of ketones is 1. The molecule has 1 N–H and O–H groups in total. The van der Waals surface area contributed by atoms with Gasteiger partial charge in [0.2, 0.25) is 0 Å². The molecule has 0 atom stereocenters. The Hall–Kier alpha value is -2.39. The number of aryl methyl sites for hydroxylation is 2. The van der Waals surface area contributed by atoms with Gasteiger partial charge in [0.15, 0.2) is 5.78 Å². The third-order valence-electron chi connectivity index (χ3n) is 5.91. The number of fused-ring (bicyclic) bond motifs is 1. The predicted octanol–water partition coefficient (Wildman–Crippen LogP) is 4.92. The molecule has 1 aliphatic heterocycles. The number of hydrogen-bond acceptors (Lipinski definition) is 2. The monoisotopic (exact) mass is 360 g/mol. The third kappa shape index (κ3) is 3.84. The second-order valence-electron chi connectivity index (χ2n) is 7.89. The summed E-state index contributed by atoms with van der Waals surface area (Å²) in [5.41, 5.74) is 5.58. The van der Waals surface area contributed by atoms with Crippen molar-refractivity contribution in [3.63, 3.8) is 0 Å². The van der Waals surface area contributed by atoms with Crippen LogP contribution in [0.2, 0.25) is 0 Å². The molecule has 0 radical (unpaired) electrons. The number of aromatic amines is 1. The van der Waals surface area contributed by atoms with Crippen molar-refractivity contribution in [1.82, 2.24) is 9.88 Å². The number of piperidine rings is 1. The molecule has 3 heteroatoms. The smallest absolute Gasteiger partial charge is 0.168 e. The van der Waals surface area contributed by atoms with Gasteiger partial charge in [-0.2, -0.15) is 0 Å². The Labute approximate surface area is 161 Å². The summed E-state index contributed by atoms with van der Waals surface area (Å²) in [6.07, 6.45) is 3.01. The van der Waals surface area contributed by atoms with E-state index in [-0.39, 0.29) is 5.92 Å². The molecule has 0 bridgehead atoms. The van der Waals surface area contributed by atoms with Crippen LogP contribution in [0.3, 0.4) is 0 Å². The molecule has 0 saturated carbocycles. The fourth-order valence-electron chi connectivity index (χ4n) is 4.31. The molecule has 3 nitrogen and oxygen atoms in total.